The second-order valence-electron chi connectivity index (χ2n) is 4.13. The molecule has 1 aromatic rings. The van der Waals surface area contributed by atoms with Crippen LogP contribution in [-0.4, -0.2) is 22.8 Å². The molecule has 1 nitrogen and oxygen atoms in total. The van der Waals surface area contributed by atoms with E-state index < -0.39 is 0 Å². The van der Waals surface area contributed by atoms with E-state index in [4.69, 9.17) is 23.2 Å². The van der Waals surface area contributed by atoms with Crippen molar-refractivity contribution in [2.75, 3.05) is 11.9 Å². The van der Waals surface area contributed by atoms with Gasteiger partial charge in [0.25, 0.3) is 0 Å². The average molecular weight is 323 g/mol. The molecule has 1 aliphatic rings. The van der Waals surface area contributed by atoms with Crippen LogP contribution in [0.25, 0.3) is 0 Å². The van der Waals surface area contributed by atoms with Gasteiger partial charge < -0.3 is 0 Å². The highest BCUT2D eigenvalue weighted by atomic mass is 79.9. The van der Waals surface area contributed by atoms with E-state index in [0.29, 0.717) is 16.1 Å². The van der Waals surface area contributed by atoms with E-state index in [1.54, 1.807) is 0 Å². The first kappa shape index (κ1) is 12.7. The summed E-state index contributed by atoms with van der Waals surface area (Å²) in [4.78, 5) is 2.46. The van der Waals surface area contributed by atoms with E-state index >= 15 is 0 Å². The van der Waals surface area contributed by atoms with Gasteiger partial charge in [0, 0.05) is 17.9 Å². The SMILES string of the molecule is Clc1cccc(CN2CCCC2CBr)c1Cl. The molecule has 1 fully saturated rings. The van der Waals surface area contributed by atoms with Crippen molar-refractivity contribution in [3.63, 3.8) is 0 Å². The van der Waals surface area contributed by atoms with Crippen LogP contribution in [0.1, 0.15) is 18.4 Å². The molecule has 16 heavy (non-hydrogen) atoms. The maximum absolute atomic E-state index is 6.19. The van der Waals surface area contributed by atoms with E-state index in [1.807, 2.05) is 12.1 Å². The predicted octanol–water partition coefficient (Wildman–Crippen LogP) is 4.35. The van der Waals surface area contributed by atoms with Crippen molar-refractivity contribution in [3.8, 4) is 0 Å². The lowest BCUT2D eigenvalue weighted by molar-refractivity contribution is 0.265. The molecule has 0 N–H and O–H groups in total. The molecule has 1 aliphatic heterocycles. The Kier molecular flexibility index (Phi) is 4.54. The number of rotatable bonds is 3. The van der Waals surface area contributed by atoms with E-state index in [-0.39, 0.29) is 0 Å². The number of alkyl halides is 1. The lowest BCUT2D eigenvalue weighted by atomic mass is 10.2. The summed E-state index contributed by atoms with van der Waals surface area (Å²) in [6, 6.07) is 6.48. The number of benzene rings is 1. The fourth-order valence-corrected chi connectivity index (χ4v) is 3.28. The molecule has 1 aromatic carbocycles. The van der Waals surface area contributed by atoms with Gasteiger partial charge in [0.2, 0.25) is 0 Å². The molecule has 4 heteroatoms. The summed E-state index contributed by atoms with van der Waals surface area (Å²) in [5, 5.41) is 2.38. The zero-order chi connectivity index (χ0) is 11.5. The molecule has 0 aliphatic carbocycles. The van der Waals surface area contributed by atoms with E-state index in [1.165, 1.54) is 12.8 Å². The molecule has 0 saturated carbocycles. The van der Waals surface area contributed by atoms with Crippen LogP contribution in [0.4, 0.5) is 0 Å². The second kappa shape index (κ2) is 5.72. The summed E-state index contributed by atoms with van der Waals surface area (Å²) in [5.74, 6) is 0. The molecule has 0 radical (unpaired) electrons. The lowest BCUT2D eigenvalue weighted by Crippen LogP contribution is -2.30. The Morgan fingerprint density at radius 2 is 2.19 bits per heavy atom. The Labute approximate surface area is 115 Å². The van der Waals surface area contributed by atoms with Gasteiger partial charge in [-0.3, -0.25) is 4.90 Å². The molecule has 0 bridgehead atoms. The van der Waals surface area contributed by atoms with Gasteiger partial charge in [0.05, 0.1) is 10.0 Å². The fourth-order valence-electron chi connectivity index (χ4n) is 2.17. The van der Waals surface area contributed by atoms with E-state index in [0.717, 1.165) is 24.0 Å². The van der Waals surface area contributed by atoms with Gasteiger partial charge in [-0.05, 0) is 31.0 Å². The Bertz CT molecular complexity index is 370. The number of nitrogens with zero attached hydrogens (tertiary/aromatic N) is 1. The smallest absolute Gasteiger partial charge is 0.0637 e. The number of hydrogen-bond acceptors (Lipinski definition) is 1. The quantitative estimate of drug-likeness (QED) is 0.748. The standard InChI is InChI=1S/C12H14BrCl2N/c13-7-10-4-2-6-16(10)8-9-3-1-5-11(14)12(9)15/h1,3,5,10H,2,4,6-8H2. The summed E-state index contributed by atoms with van der Waals surface area (Å²) in [7, 11) is 0. The van der Waals surface area contributed by atoms with Gasteiger partial charge in [-0.1, -0.05) is 51.3 Å². The highest BCUT2D eigenvalue weighted by Gasteiger charge is 2.23. The highest BCUT2D eigenvalue weighted by molar-refractivity contribution is 9.09. The van der Waals surface area contributed by atoms with Crippen LogP contribution in [0.2, 0.25) is 10.0 Å². The molecule has 1 saturated heterocycles. The Hall–Kier alpha value is 0.240. The predicted molar refractivity (Wildman–Crippen MR) is 73.7 cm³/mol. The maximum Gasteiger partial charge on any atom is 0.0637 e. The van der Waals surface area contributed by atoms with Crippen molar-refractivity contribution in [1.29, 1.82) is 0 Å². The fraction of sp³-hybridized carbons (Fsp3) is 0.500. The van der Waals surface area contributed by atoms with Gasteiger partial charge in [0.1, 0.15) is 0 Å². The minimum Gasteiger partial charge on any atom is -0.295 e. The number of halogens is 3. The molecule has 2 rings (SSSR count). The van der Waals surface area contributed by atoms with Crippen LogP contribution >= 0.6 is 39.1 Å². The largest absolute Gasteiger partial charge is 0.295 e. The van der Waals surface area contributed by atoms with E-state index in [2.05, 4.69) is 26.9 Å². The molecule has 0 spiro atoms. The molecule has 1 unspecified atom stereocenters. The number of hydrogen-bond donors (Lipinski definition) is 0. The minimum atomic E-state index is 0.634. The summed E-state index contributed by atoms with van der Waals surface area (Å²) in [5.41, 5.74) is 1.13. The molecule has 0 amide bonds. The molecular formula is C12H14BrCl2N. The van der Waals surface area contributed by atoms with Crippen molar-refractivity contribution in [3.05, 3.63) is 33.8 Å². The Balaban J connectivity index is 2.11. The number of likely N-dealkylation sites (tertiary alicyclic amines) is 1. The second-order valence-corrected chi connectivity index (χ2v) is 5.57. The molecule has 88 valence electrons. The summed E-state index contributed by atoms with van der Waals surface area (Å²) >= 11 is 15.8. The van der Waals surface area contributed by atoms with E-state index in [9.17, 15) is 0 Å². The summed E-state index contributed by atoms with van der Waals surface area (Å²) in [6.07, 6.45) is 2.54. The first-order valence-electron chi connectivity index (χ1n) is 5.45. The van der Waals surface area contributed by atoms with Crippen LogP contribution in [0.15, 0.2) is 18.2 Å². The maximum atomic E-state index is 6.19. The first-order chi connectivity index (χ1) is 7.72. The van der Waals surface area contributed by atoms with Crippen LogP contribution in [0.5, 0.6) is 0 Å². The lowest BCUT2D eigenvalue weighted by Gasteiger charge is -2.23. The third-order valence-corrected chi connectivity index (χ3v) is 4.69. The van der Waals surface area contributed by atoms with Crippen LogP contribution < -0.4 is 0 Å². The summed E-state index contributed by atoms with van der Waals surface area (Å²) in [6.45, 7) is 2.05. The van der Waals surface area contributed by atoms with Crippen molar-refractivity contribution >= 4 is 39.1 Å². The Morgan fingerprint density at radius 1 is 1.38 bits per heavy atom. The minimum absolute atomic E-state index is 0.634. The van der Waals surface area contributed by atoms with Gasteiger partial charge >= 0.3 is 0 Å². The molecular weight excluding hydrogens is 309 g/mol. The highest BCUT2D eigenvalue weighted by Crippen LogP contribution is 2.29. The van der Waals surface area contributed by atoms with Crippen LogP contribution in [-0.2, 0) is 6.54 Å². The third kappa shape index (κ3) is 2.73. The van der Waals surface area contributed by atoms with Crippen LogP contribution in [0.3, 0.4) is 0 Å². The van der Waals surface area contributed by atoms with Crippen LogP contribution in [0, 0.1) is 0 Å². The summed E-state index contributed by atoms with van der Waals surface area (Å²) < 4.78 is 0. The zero-order valence-electron chi connectivity index (χ0n) is 8.93. The normalized spacial score (nSPS) is 21.6. The monoisotopic (exact) mass is 321 g/mol. The molecule has 1 heterocycles. The Morgan fingerprint density at radius 3 is 2.94 bits per heavy atom. The van der Waals surface area contributed by atoms with Gasteiger partial charge in [0.15, 0.2) is 0 Å². The molecule has 0 aromatic heterocycles. The third-order valence-electron chi connectivity index (χ3n) is 3.08. The van der Waals surface area contributed by atoms with Gasteiger partial charge in [-0.15, -0.1) is 0 Å². The van der Waals surface area contributed by atoms with Crippen molar-refractivity contribution < 1.29 is 0 Å². The van der Waals surface area contributed by atoms with Gasteiger partial charge in [-0.25, -0.2) is 0 Å². The van der Waals surface area contributed by atoms with Crippen molar-refractivity contribution in [2.45, 2.75) is 25.4 Å². The van der Waals surface area contributed by atoms with Gasteiger partial charge in [-0.2, -0.15) is 0 Å². The zero-order valence-corrected chi connectivity index (χ0v) is 12.0. The van der Waals surface area contributed by atoms with Crippen molar-refractivity contribution in [1.82, 2.24) is 4.90 Å². The topological polar surface area (TPSA) is 3.24 Å². The first-order valence-corrected chi connectivity index (χ1v) is 7.33. The van der Waals surface area contributed by atoms with Crippen molar-refractivity contribution in [2.24, 2.45) is 0 Å². The average Bonchev–Trinajstić information content (AvgIpc) is 2.72. The molecule has 1 atom stereocenters.